The van der Waals surface area contributed by atoms with Gasteiger partial charge >= 0.3 is 0 Å². The first-order valence-corrected chi connectivity index (χ1v) is 8.48. The largest absolute Gasteiger partial charge is 0.330 e. The maximum absolute atomic E-state index is 12.7. The summed E-state index contributed by atoms with van der Waals surface area (Å²) in [5.74, 6) is 0. The van der Waals surface area contributed by atoms with Crippen molar-refractivity contribution in [2.75, 3.05) is 20.1 Å². The number of hydrogen-bond donors (Lipinski definition) is 1. The van der Waals surface area contributed by atoms with E-state index in [0.717, 1.165) is 11.1 Å². The van der Waals surface area contributed by atoms with Gasteiger partial charge in [0.1, 0.15) is 4.90 Å². The minimum absolute atomic E-state index is 0. The van der Waals surface area contributed by atoms with Gasteiger partial charge in [-0.05, 0) is 24.9 Å². The number of fused-ring (bicyclic) bond motifs is 1. The molecule has 2 heterocycles. The normalized spacial score (nSPS) is 12.7. The Hall–Kier alpha value is -1.22. The quantitative estimate of drug-likeness (QED) is 0.866. The first-order chi connectivity index (χ1) is 10.1. The third kappa shape index (κ3) is 3.82. The van der Waals surface area contributed by atoms with Gasteiger partial charge in [-0.15, -0.1) is 12.4 Å². The van der Waals surface area contributed by atoms with Crippen molar-refractivity contribution in [3.05, 3.63) is 18.0 Å². The summed E-state index contributed by atoms with van der Waals surface area (Å²) in [6, 6.07) is 1.63. The van der Waals surface area contributed by atoms with Gasteiger partial charge in [-0.2, -0.15) is 5.10 Å². The zero-order valence-electron chi connectivity index (χ0n) is 14.1. The van der Waals surface area contributed by atoms with E-state index in [2.05, 4.69) is 10.1 Å². The van der Waals surface area contributed by atoms with Crippen molar-refractivity contribution in [1.82, 2.24) is 19.1 Å². The van der Waals surface area contributed by atoms with Crippen LogP contribution in [-0.4, -0.2) is 47.6 Å². The highest BCUT2D eigenvalue weighted by atomic mass is 35.5. The monoisotopic (exact) mass is 361 g/mol. The highest BCUT2D eigenvalue weighted by Gasteiger charge is 2.28. The number of sulfonamides is 1. The molecule has 0 bridgehead atoms. The molecule has 0 amide bonds. The molecule has 130 valence electrons. The second-order valence-electron chi connectivity index (χ2n) is 6.38. The Morgan fingerprint density at radius 3 is 2.57 bits per heavy atom. The molecule has 0 fully saturated rings. The predicted molar refractivity (Wildman–Crippen MR) is 93.1 cm³/mol. The molecule has 0 radical (unpaired) electrons. The number of hydrogen-bond acceptors (Lipinski definition) is 5. The summed E-state index contributed by atoms with van der Waals surface area (Å²) in [4.78, 5) is 4.41. The van der Waals surface area contributed by atoms with E-state index < -0.39 is 10.0 Å². The highest BCUT2D eigenvalue weighted by Crippen LogP contribution is 2.23. The SMILES string of the molecule is Cc1nn(C)c2ncc(S(=O)(=O)N(C)CC(C)(C)CN)cc12.Cl. The van der Waals surface area contributed by atoms with Gasteiger partial charge in [-0.25, -0.2) is 17.7 Å². The van der Waals surface area contributed by atoms with Crippen LogP contribution >= 0.6 is 12.4 Å². The molecule has 7 nitrogen and oxygen atoms in total. The minimum atomic E-state index is -3.60. The fraction of sp³-hybridized carbons (Fsp3) is 0.571. The van der Waals surface area contributed by atoms with E-state index in [1.165, 1.54) is 10.5 Å². The van der Waals surface area contributed by atoms with Gasteiger partial charge in [0.2, 0.25) is 10.0 Å². The molecule has 2 aromatic heterocycles. The van der Waals surface area contributed by atoms with Crippen LogP contribution in [0.1, 0.15) is 19.5 Å². The third-order valence-electron chi connectivity index (χ3n) is 3.75. The molecule has 0 saturated carbocycles. The maximum atomic E-state index is 12.7. The van der Waals surface area contributed by atoms with E-state index in [-0.39, 0.29) is 22.7 Å². The number of nitrogens with two attached hydrogens (primary N) is 1. The lowest BCUT2D eigenvalue weighted by Crippen LogP contribution is -2.39. The predicted octanol–water partition coefficient (Wildman–Crippen LogP) is 1.30. The van der Waals surface area contributed by atoms with Crippen LogP contribution in [-0.2, 0) is 17.1 Å². The van der Waals surface area contributed by atoms with Crippen LogP contribution in [0.5, 0.6) is 0 Å². The zero-order chi connectivity index (χ0) is 16.7. The van der Waals surface area contributed by atoms with E-state index in [1.54, 1.807) is 24.8 Å². The Morgan fingerprint density at radius 1 is 1.39 bits per heavy atom. The van der Waals surface area contributed by atoms with Crippen LogP contribution < -0.4 is 5.73 Å². The summed E-state index contributed by atoms with van der Waals surface area (Å²) in [5.41, 5.74) is 6.83. The van der Waals surface area contributed by atoms with Crippen molar-refractivity contribution >= 4 is 33.5 Å². The van der Waals surface area contributed by atoms with Gasteiger partial charge < -0.3 is 5.73 Å². The van der Waals surface area contributed by atoms with Crippen molar-refractivity contribution in [2.45, 2.75) is 25.7 Å². The smallest absolute Gasteiger partial charge is 0.244 e. The lowest BCUT2D eigenvalue weighted by molar-refractivity contribution is 0.292. The molecule has 0 aliphatic heterocycles. The average molecular weight is 362 g/mol. The van der Waals surface area contributed by atoms with Crippen molar-refractivity contribution in [1.29, 1.82) is 0 Å². The van der Waals surface area contributed by atoms with Gasteiger partial charge in [0.25, 0.3) is 0 Å². The van der Waals surface area contributed by atoms with Gasteiger partial charge in [-0.1, -0.05) is 13.8 Å². The number of nitrogens with zero attached hydrogens (tertiary/aromatic N) is 4. The molecule has 0 saturated heterocycles. The summed E-state index contributed by atoms with van der Waals surface area (Å²) >= 11 is 0. The van der Waals surface area contributed by atoms with E-state index in [4.69, 9.17) is 5.73 Å². The van der Waals surface area contributed by atoms with E-state index >= 15 is 0 Å². The van der Waals surface area contributed by atoms with E-state index in [1.807, 2.05) is 20.8 Å². The second-order valence-corrected chi connectivity index (χ2v) is 8.43. The van der Waals surface area contributed by atoms with Crippen LogP contribution in [0.25, 0.3) is 11.0 Å². The number of aromatic nitrogens is 3. The Morgan fingerprint density at radius 2 is 2.00 bits per heavy atom. The van der Waals surface area contributed by atoms with Gasteiger partial charge in [0, 0.05) is 32.2 Å². The fourth-order valence-corrected chi connectivity index (χ4v) is 3.69. The Bertz CT molecular complexity index is 801. The number of aryl methyl sites for hydroxylation is 2. The molecule has 0 atom stereocenters. The number of halogens is 1. The Labute approximate surface area is 143 Å². The number of rotatable bonds is 5. The van der Waals surface area contributed by atoms with Crippen molar-refractivity contribution < 1.29 is 8.42 Å². The summed E-state index contributed by atoms with van der Waals surface area (Å²) in [7, 11) is -0.256. The molecule has 9 heteroatoms. The summed E-state index contributed by atoms with van der Waals surface area (Å²) in [5, 5.41) is 5.01. The maximum Gasteiger partial charge on any atom is 0.244 e. The Balaban J connectivity index is 0.00000264. The number of pyridine rings is 1. The topological polar surface area (TPSA) is 94.1 Å². The molecule has 2 N–H and O–H groups in total. The van der Waals surface area contributed by atoms with E-state index in [0.29, 0.717) is 18.7 Å². The highest BCUT2D eigenvalue weighted by molar-refractivity contribution is 7.89. The van der Waals surface area contributed by atoms with Gasteiger partial charge in [0.05, 0.1) is 5.69 Å². The molecule has 2 rings (SSSR count). The molecule has 0 spiro atoms. The van der Waals surface area contributed by atoms with E-state index in [9.17, 15) is 8.42 Å². The fourth-order valence-electron chi connectivity index (χ4n) is 2.36. The van der Waals surface area contributed by atoms with Crippen LogP contribution in [0.4, 0.5) is 0 Å². The summed E-state index contributed by atoms with van der Waals surface area (Å²) < 4.78 is 28.4. The lowest BCUT2D eigenvalue weighted by atomic mass is 9.94. The average Bonchev–Trinajstić information content (AvgIpc) is 2.73. The van der Waals surface area contributed by atoms with Gasteiger partial charge in [0.15, 0.2) is 5.65 Å². The summed E-state index contributed by atoms with van der Waals surface area (Å²) in [6.07, 6.45) is 1.38. The standard InChI is InChI=1S/C14H23N5O2S.ClH/c1-10-12-6-11(7-16-13(12)19(5)17-10)22(20,21)18(4)9-14(2,3)8-15;/h6-7H,8-9,15H2,1-5H3;1H. The molecule has 2 aromatic rings. The molecule has 0 aliphatic carbocycles. The third-order valence-corrected chi connectivity index (χ3v) is 5.52. The second kappa shape index (κ2) is 6.72. The first kappa shape index (κ1) is 19.8. The minimum Gasteiger partial charge on any atom is -0.330 e. The molecule has 0 aliphatic rings. The molecule has 23 heavy (non-hydrogen) atoms. The van der Waals surface area contributed by atoms with Crippen LogP contribution in [0.15, 0.2) is 17.2 Å². The van der Waals surface area contributed by atoms with Crippen molar-refractivity contribution in [2.24, 2.45) is 18.2 Å². The van der Waals surface area contributed by atoms with Crippen LogP contribution in [0, 0.1) is 12.3 Å². The molecular weight excluding hydrogens is 338 g/mol. The van der Waals surface area contributed by atoms with Crippen molar-refractivity contribution in [3.8, 4) is 0 Å². The van der Waals surface area contributed by atoms with Crippen LogP contribution in [0.3, 0.4) is 0 Å². The molecule has 0 aromatic carbocycles. The summed E-state index contributed by atoms with van der Waals surface area (Å²) in [6.45, 7) is 6.46. The van der Waals surface area contributed by atoms with Gasteiger partial charge in [-0.3, -0.25) is 4.68 Å². The van der Waals surface area contributed by atoms with Crippen LogP contribution in [0.2, 0.25) is 0 Å². The van der Waals surface area contributed by atoms with Crippen molar-refractivity contribution in [3.63, 3.8) is 0 Å². The molecule has 0 unspecified atom stereocenters. The first-order valence-electron chi connectivity index (χ1n) is 7.04. The zero-order valence-corrected chi connectivity index (χ0v) is 15.7. The Kier molecular flexibility index (Phi) is 5.79. The lowest BCUT2D eigenvalue weighted by Gasteiger charge is -2.28. The molecular formula is C14H24ClN5O2S.